The lowest BCUT2D eigenvalue weighted by Gasteiger charge is -2.38. The Morgan fingerprint density at radius 3 is 2.26 bits per heavy atom. The molecule has 0 aromatic heterocycles. The highest BCUT2D eigenvalue weighted by Crippen LogP contribution is 2.39. The molecule has 0 aromatic rings. The van der Waals surface area contributed by atoms with Crippen LogP contribution in [0.15, 0.2) is 0 Å². The molecular weight excluding hydrogens is 242 g/mol. The van der Waals surface area contributed by atoms with Gasteiger partial charge >= 0.3 is 6.03 Å². The highest BCUT2D eigenvalue weighted by atomic mass is 16.2. The first-order chi connectivity index (χ1) is 8.93. The van der Waals surface area contributed by atoms with Crippen molar-refractivity contribution in [3.8, 4) is 0 Å². The number of hydrogen-bond acceptors (Lipinski definition) is 2. The largest absolute Gasteiger partial charge is 0.356 e. The van der Waals surface area contributed by atoms with E-state index in [9.17, 15) is 9.59 Å². The van der Waals surface area contributed by atoms with Gasteiger partial charge in [0.25, 0.3) is 0 Å². The molecule has 0 aliphatic heterocycles. The molecule has 1 saturated carbocycles. The summed E-state index contributed by atoms with van der Waals surface area (Å²) in [4.78, 5) is 22.8. The molecule has 0 aromatic carbocycles. The molecule has 0 unspecified atom stereocenters. The summed E-state index contributed by atoms with van der Waals surface area (Å²) in [6, 6.07) is -0.108. The summed E-state index contributed by atoms with van der Waals surface area (Å²) in [7, 11) is 0. The van der Waals surface area contributed by atoms with Gasteiger partial charge < -0.3 is 16.0 Å². The minimum Gasteiger partial charge on any atom is -0.356 e. The fraction of sp³-hybridized carbons (Fsp3) is 0.857. The van der Waals surface area contributed by atoms with Crippen LogP contribution < -0.4 is 16.0 Å². The van der Waals surface area contributed by atoms with Crippen LogP contribution in [-0.4, -0.2) is 31.6 Å². The summed E-state index contributed by atoms with van der Waals surface area (Å²) in [5.41, 5.74) is 0.308. The van der Waals surface area contributed by atoms with E-state index in [0.29, 0.717) is 18.5 Å². The molecule has 1 aliphatic carbocycles. The first-order valence-electron chi connectivity index (χ1n) is 7.22. The van der Waals surface area contributed by atoms with E-state index in [1.807, 2.05) is 13.8 Å². The van der Waals surface area contributed by atoms with Gasteiger partial charge in [0.05, 0.1) is 0 Å². The SMILES string of the molecule is CC(C)C(=O)NCCCNC(=O)NCC1(C)CCC1. The second-order valence-corrected chi connectivity index (χ2v) is 6.07. The molecule has 5 nitrogen and oxygen atoms in total. The van der Waals surface area contributed by atoms with Crippen molar-refractivity contribution in [3.05, 3.63) is 0 Å². The third-order valence-corrected chi connectivity index (χ3v) is 3.70. The summed E-state index contributed by atoms with van der Waals surface area (Å²) in [5.74, 6) is 0.0711. The van der Waals surface area contributed by atoms with Crippen LogP contribution in [-0.2, 0) is 4.79 Å². The van der Waals surface area contributed by atoms with E-state index in [-0.39, 0.29) is 17.9 Å². The Kier molecular flexibility index (Phi) is 6.12. The molecule has 19 heavy (non-hydrogen) atoms. The van der Waals surface area contributed by atoms with Crippen molar-refractivity contribution >= 4 is 11.9 Å². The zero-order valence-corrected chi connectivity index (χ0v) is 12.3. The maximum atomic E-state index is 11.5. The van der Waals surface area contributed by atoms with Gasteiger partial charge in [-0.25, -0.2) is 4.79 Å². The monoisotopic (exact) mass is 269 g/mol. The fourth-order valence-electron chi connectivity index (χ4n) is 2.02. The van der Waals surface area contributed by atoms with Crippen LogP contribution >= 0.6 is 0 Å². The Bertz CT molecular complexity index is 312. The summed E-state index contributed by atoms with van der Waals surface area (Å²) < 4.78 is 0. The minimum absolute atomic E-state index is 0.0134. The smallest absolute Gasteiger partial charge is 0.314 e. The minimum atomic E-state index is -0.108. The van der Waals surface area contributed by atoms with Gasteiger partial charge in [0.2, 0.25) is 5.91 Å². The fourth-order valence-corrected chi connectivity index (χ4v) is 2.02. The second kappa shape index (κ2) is 7.36. The Morgan fingerprint density at radius 2 is 1.74 bits per heavy atom. The van der Waals surface area contributed by atoms with Crippen molar-refractivity contribution in [1.29, 1.82) is 0 Å². The third-order valence-electron chi connectivity index (χ3n) is 3.70. The molecule has 0 radical (unpaired) electrons. The number of carbonyl (C=O) groups is 2. The molecule has 1 rings (SSSR count). The van der Waals surface area contributed by atoms with Crippen LogP contribution in [0.1, 0.15) is 46.5 Å². The highest BCUT2D eigenvalue weighted by molar-refractivity contribution is 5.77. The molecule has 5 heteroatoms. The summed E-state index contributed by atoms with van der Waals surface area (Å²) >= 11 is 0. The predicted molar refractivity (Wildman–Crippen MR) is 75.8 cm³/mol. The van der Waals surface area contributed by atoms with Gasteiger partial charge in [0.1, 0.15) is 0 Å². The zero-order valence-electron chi connectivity index (χ0n) is 12.3. The van der Waals surface area contributed by atoms with Crippen LogP contribution in [0.25, 0.3) is 0 Å². The van der Waals surface area contributed by atoms with E-state index in [0.717, 1.165) is 13.0 Å². The van der Waals surface area contributed by atoms with E-state index in [1.54, 1.807) is 0 Å². The van der Waals surface area contributed by atoms with E-state index in [4.69, 9.17) is 0 Å². The van der Waals surface area contributed by atoms with Crippen molar-refractivity contribution in [3.63, 3.8) is 0 Å². The van der Waals surface area contributed by atoms with E-state index >= 15 is 0 Å². The summed E-state index contributed by atoms with van der Waals surface area (Å²) in [6.45, 7) is 7.88. The lowest BCUT2D eigenvalue weighted by molar-refractivity contribution is -0.123. The molecular formula is C14H27N3O2. The topological polar surface area (TPSA) is 70.2 Å². The van der Waals surface area contributed by atoms with Crippen molar-refractivity contribution < 1.29 is 9.59 Å². The van der Waals surface area contributed by atoms with Gasteiger partial charge in [-0.2, -0.15) is 0 Å². The van der Waals surface area contributed by atoms with Gasteiger partial charge in [-0.3, -0.25) is 4.79 Å². The predicted octanol–water partition coefficient (Wildman–Crippen LogP) is 1.64. The first-order valence-corrected chi connectivity index (χ1v) is 7.22. The highest BCUT2D eigenvalue weighted by Gasteiger charge is 2.31. The number of amides is 3. The molecule has 1 fully saturated rings. The summed E-state index contributed by atoms with van der Waals surface area (Å²) in [5, 5.41) is 8.53. The molecule has 3 amide bonds. The maximum absolute atomic E-state index is 11.5. The number of hydrogen-bond donors (Lipinski definition) is 3. The van der Waals surface area contributed by atoms with Crippen LogP contribution in [0, 0.1) is 11.3 Å². The quantitative estimate of drug-likeness (QED) is 0.615. The first kappa shape index (κ1) is 15.8. The van der Waals surface area contributed by atoms with Crippen molar-refractivity contribution in [1.82, 2.24) is 16.0 Å². The lowest BCUT2D eigenvalue weighted by Crippen LogP contribution is -2.44. The van der Waals surface area contributed by atoms with E-state index in [1.165, 1.54) is 19.3 Å². The molecule has 1 aliphatic rings. The van der Waals surface area contributed by atoms with Crippen LogP contribution in [0.3, 0.4) is 0 Å². The van der Waals surface area contributed by atoms with Crippen molar-refractivity contribution in [2.45, 2.75) is 46.5 Å². The zero-order chi connectivity index (χ0) is 14.3. The van der Waals surface area contributed by atoms with Gasteiger partial charge in [0.15, 0.2) is 0 Å². The Balaban J connectivity index is 1.97. The molecule has 110 valence electrons. The normalized spacial score (nSPS) is 16.6. The second-order valence-electron chi connectivity index (χ2n) is 6.07. The van der Waals surface area contributed by atoms with Gasteiger partial charge in [0, 0.05) is 25.6 Å². The lowest BCUT2D eigenvalue weighted by atomic mass is 9.70. The number of urea groups is 1. The molecule has 0 saturated heterocycles. The number of rotatable bonds is 7. The molecule has 0 heterocycles. The standard InChI is InChI=1S/C14H27N3O2/c1-11(2)12(18)15-8-5-9-16-13(19)17-10-14(3)6-4-7-14/h11H,4-10H2,1-3H3,(H,15,18)(H2,16,17,19). The molecule has 0 spiro atoms. The van der Waals surface area contributed by atoms with Crippen LogP contribution in [0.4, 0.5) is 4.79 Å². The molecule has 0 atom stereocenters. The maximum Gasteiger partial charge on any atom is 0.314 e. The Hall–Kier alpha value is -1.26. The third kappa shape index (κ3) is 5.94. The van der Waals surface area contributed by atoms with E-state index in [2.05, 4.69) is 22.9 Å². The van der Waals surface area contributed by atoms with Crippen molar-refractivity contribution in [2.24, 2.45) is 11.3 Å². The van der Waals surface area contributed by atoms with Crippen LogP contribution in [0.2, 0.25) is 0 Å². The van der Waals surface area contributed by atoms with Gasteiger partial charge in [-0.1, -0.05) is 27.2 Å². The Labute approximate surface area is 115 Å². The van der Waals surface area contributed by atoms with Gasteiger partial charge in [-0.15, -0.1) is 0 Å². The summed E-state index contributed by atoms with van der Waals surface area (Å²) in [6.07, 6.45) is 4.43. The average Bonchev–Trinajstić information content (AvgIpc) is 2.33. The van der Waals surface area contributed by atoms with E-state index < -0.39 is 0 Å². The Morgan fingerprint density at radius 1 is 1.11 bits per heavy atom. The van der Waals surface area contributed by atoms with Crippen LogP contribution in [0.5, 0.6) is 0 Å². The number of nitrogens with one attached hydrogen (secondary N) is 3. The average molecular weight is 269 g/mol. The number of carbonyl (C=O) groups excluding carboxylic acids is 2. The van der Waals surface area contributed by atoms with Crippen molar-refractivity contribution in [2.75, 3.05) is 19.6 Å². The molecule has 0 bridgehead atoms. The molecule has 3 N–H and O–H groups in total. The van der Waals surface area contributed by atoms with Gasteiger partial charge in [-0.05, 0) is 24.7 Å².